The number of halogens is 3. The summed E-state index contributed by atoms with van der Waals surface area (Å²) in [6.07, 6.45) is 0. The van der Waals surface area contributed by atoms with Crippen LogP contribution in [-0.2, 0) is 16.6 Å². The van der Waals surface area contributed by atoms with Gasteiger partial charge in [0.05, 0.1) is 5.02 Å². The Labute approximate surface area is 134 Å². The molecule has 0 radical (unpaired) electrons. The molecule has 0 saturated carbocycles. The fourth-order valence-electron chi connectivity index (χ4n) is 1.64. The molecule has 0 spiro atoms. The van der Waals surface area contributed by atoms with Gasteiger partial charge in [-0.1, -0.05) is 33.6 Å². The minimum Gasteiger partial charge on any atom is -0.487 e. The number of benzene rings is 2. The van der Waals surface area contributed by atoms with Crippen molar-refractivity contribution in [2.24, 2.45) is 5.14 Å². The van der Waals surface area contributed by atoms with Gasteiger partial charge in [-0.05, 0) is 30.3 Å². The molecule has 21 heavy (non-hydrogen) atoms. The van der Waals surface area contributed by atoms with Gasteiger partial charge in [0.25, 0.3) is 0 Å². The molecule has 0 atom stereocenters. The maximum absolute atomic E-state index is 13.6. The zero-order valence-electron chi connectivity index (χ0n) is 10.5. The van der Waals surface area contributed by atoms with E-state index in [1.54, 1.807) is 6.07 Å². The van der Waals surface area contributed by atoms with Gasteiger partial charge < -0.3 is 4.74 Å². The molecule has 0 bridgehead atoms. The zero-order chi connectivity index (χ0) is 15.6. The van der Waals surface area contributed by atoms with Gasteiger partial charge in [0.2, 0.25) is 10.0 Å². The SMILES string of the molecule is NS(=O)(=O)c1cc(Br)ccc1OCc1c(F)cccc1Cl. The van der Waals surface area contributed by atoms with Gasteiger partial charge in [-0.3, -0.25) is 0 Å². The van der Waals surface area contributed by atoms with Gasteiger partial charge in [-0.15, -0.1) is 0 Å². The first-order chi connectivity index (χ1) is 9.79. The Kier molecular flexibility index (Phi) is 4.88. The van der Waals surface area contributed by atoms with E-state index in [1.165, 1.54) is 30.3 Å². The van der Waals surface area contributed by atoms with Crippen LogP contribution in [0.2, 0.25) is 5.02 Å². The summed E-state index contributed by atoms with van der Waals surface area (Å²) in [6.45, 7) is -0.213. The van der Waals surface area contributed by atoms with Crippen LogP contribution >= 0.6 is 27.5 Å². The third-order valence-electron chi connectivity index (χ3n) is 2.65. The summed E-state index contributed by atoms with van der Waals surface area (Å²) >= 11 is 9.03. The first-order valence-corrected chi connectivity index (χ1v) is 8.39. The van der Waals surface area contributed by atoms with E-state index in [4.69, 9.17) is 21.5 Å². The Morgan fingerprint density at radius 2 is 2.00 bits per heavy atom. The highest BCUT2D eigenvalue weighted by atomic mass is 79.9. The lowest BCUT2D eigenvalue weighted by Crippen LogP contribution is -2.14. The minimum absolute atomic E-state index is 0.0278. The smallest absolute Gasteiger partial charge is 0.241 e. The molecule has 0 saturated heterocycles. The number of rotatable bonds is 4. The monoisotopic (exact) mass is 393 g/mol. The number of ether oxygens (including phenoxy) is 1. The van der Waals surface area contributed by atoms with Gasteiger partial charge >= 0.3 is 0 Å². The van der Waals surface area contributed by atoms with Crippen molar-refractivity contribution < 1.29 is 17.5 Å². The van der Waals surface area contributed by atoms with E-state index in [2.05, 4.69) is 15.9 Å². The summed E-state index contributed by atoms with van der Waals surface area (Å²) in [5.74, 6) is -0.503. The molecule has 112 valence electrons. The van der Waals surface area contributed by atoms with Crippen LogP contribution in [0.3, 0.4) is 0 Å². The maximum atomic E-state index is 13.6. The second kappa shape index (κ2) is 6.31. The van der Waals surface area contributed by atoms with Crippen molar-refractivity contribution in [2.45, 2.75) is 11.5 Å². The van der Waals surface area contributed by atoms with E-state index in [1.807, 2.05) is 0 Å². The van der Waals surface area contributed by atoms with Crippen LogP contribution < -0.4 is 9.88 Å². The number of primary sulfonamides is 1. The molecule has 0 amide bonds. The molecule has 0 aliphatic heterocycles. The molecule has 2 aromatic rings. The second-order valence-corrected chi connectivity index (χ2v) is 6.98. The predicted octanol–water partition coefficient (Wildman–Crippen LogP) is 3.47. The Hall–Kier alpha value is -1.15. The van der Waals surface area contributed by atoms with Crippen molar-refractivity contribution >= 4 is 37.6 Å². The number of hydrogen-bond donors (Lipinski definition) is 1. The molecule has 0 aromatic heterocycles. The number of nitrogens with two attached hydrogens (primary N) is 1. The van der Waals surface area contributed by atoms with Gasteiger partial charge in [-0.2, -0.15) is 0 Å². The van der Waals surface area contributed by atoms with Gasteiger partial charge in [-0.25, -0.2) is 17.9 Å². The van der Waals surface area contributed by atoms with Crippen molar-refractivity contribution in [1.82, 2.24) is 0 Å². The first kappa shape index (κ1) is 16.2. The standard InChI is InChI=1S/C13H10BrClFNO3S/c14-8-4-5-12(13(6-8)21(17,18)19)20-7-9-10(15)2-1-3-11(9)16/h1-6H,7H2,(H2,17,18,19). The Morgan fingerprint density at radius 1 is 1.29 bits per heavy atom. The summed E-state index contributed by atoms with van der Waals surface area (Å²) < 4.78 is 42.6. The average molecular weight is 395 g/mol. The van der Waals surface area contributed by atoms with E-state index < -0.39 is 15.8 Å². The van der Waals surface area contributed by atoms with E-state index in [0.29, 0.717) is 4.47 Å². The lowest BCUT2D eigenvalue weighted by molar-refractivity contribution is 0.292. The quantitative estimate of drug-likeness (QED) is 0.863. The summed E-state index contributed by atoms with van der Waals surface area (Å²) in [4.78, 5) is -0.190. The predicted molar refractivity (Wildman–Crippen MR) is 81.3 cm³/mol. The maximum Gasteiger partial charge on any atom is 0.241 e. The molecule has 0 fully saturated rings. The van der Waals surface area contributed by atoms with Crippen molar-refractivity contribution in [2.75, 3.05) is 0 Å². The van der Waals surface area contributed by atoms with Gasteiger partial charge in [0.1, 0.15) is 23.1 Å². The Morgan fingerprint density at radius 3 is 2.62 bits per heavy atom. The van der Waals surface area contributed by atoms with Crippen LogP contribution in [0.4, 0.5) is 4.39 Å². The van der Waals surface area contributed by atoms with Crippen LogP contribution in [0.1, 0.15) is 5.56 Å². The van der Waals surface area contributed by atoms with Crippen molar-refractivity contribution in [3.05, 3.63) is 57.3 Å². The lowest BCUT2D eigenvalue weighted by Gasteiger charge is -2.12. The lowest BCUT2D eigenvalue weighted by atomic mass is 10.2. The molecule has 0 heterocycles. The van der Waals surface area contributed by atoms with E-state index in [9.17, 15) is 12.8 Å². The summed E-state index contributed by atoms with van der Waals surface area (Å²) in [6, 6.07) is 8.56. The van der Waals surface area contributed by atoms with E-state index >= 15 is 0 Å². The topological polar surface area (TPSA) is 69.4 Å². The largest absolute Gasteiger partial charge is 0.487 e. The zero-order valence-corrected chi connectivity index (χ0v) is 13.7. The summed E-state index contributed by atoms with van der Waals surface area (Å²) in [5, 5.41) is 5.32. The molecular weight excluding hydrogens is 385 g/mol. The first-order valence-electron chi connectivity index (χ1n) is 5.67. The summed E-state index contributed by atoms with van der Waals surface area (Å²) in [5.41, 5.74) is 0.141. The van der Waals surface area contributed by atoms with Crippen LogP contribution in [-0.4, -0.2) is 8.42 Å². The molecule has 2 aromatic carbocycles. The molecular formula is C13H10BrClFNO3S. The second-order valence-electron chi connectivity index (χ2n) is 4.12. The normalized spacial score (nSPS) is 11.4. The fraction of sp³-hybridized carbons (Fsp3) is 0.0769. The Bertz CT molecular complexity index is 763. The van der Waals surface area contributed by atoms with Crippen molar-refractivity contribution in [3.63, 3.8) is 0 Å². The fourth-order valence-corrected chi connectivity index (χ4v) is 3.07. The molecule has 2 rings (SSSR count). The molecule has 2 N–H and O–H groups in total. The highest BCUT2D eigenvalue weighted by Gasteiger charge is 2.17. The van der Waals surface area contributed by atoms with Crippen molar-refractivity contribution in [3.8, 4) is 5.75 Å². The van der Waals surface area contributed by atoms with Crippen LogP contribution in [0, 0.1) is 5.82 Å². The number of sulfonamides is 1. The minimum atomic E-state index is -3.96. The van der Waals surface area contributed by atoms with Crippen LogP contribution in [0.25, 0.3) is 0 Å². The number of hydrogen-bond acceptors (Lipinski definition) is 3. The van der Waals surface area contributed by atoms with Gasteiger partial charge in [0, 0.05) is 10.0 Å². The molecule has 0 aliphatic carbocycles. The molecule has 0 unspecified atom stereocenters. The molecule has 0 aliphatic rings. The highest BCUT2D eigenvalue weighted by Crippen LogP contribution is 2.28. The van der Waals surface area contributed by atoms with Crippen LogP contribution in [0.5, 0.6) is 5.75 Å². The summed E-state index contributed by atoms with van der Waals surface area (Å²) in [7, 11) is -3.96. The van der Waals surface area contributed by atoms with Crippen molar-refractivity contribution in [1.29, 1.82) is 0 Å². The third kappa shape index (κ3) is 3.94. The third-order valence-corrected chi connectivity index (χ3v) is 4.43. The van der Waals surface area contributed by atoms with Gasteiger partial charge in [0.15, 0.2) is 0 Å². The van der Waals surface area contributed by atoms with E-state index in [-0.39, 0.29) is 27.8 Å². The highest BCUT2D eigenvalue weighted by molar-refractivity contribution is 9.10. The average Bonchev–Trinajstić information content (AvgIpc) is 2.38. The molecule has 4 nitrogen and oxygen atoms in total. The Balaban J connectivity index is 2.33. The van der Waals surface area contributed by atoms with Crippen LogP contribution in [0.15, 0.2) is 45.8 Å². The molecule has 8 heteroatoms. The van der Waals surface area contributed by atoms with E-state index in [0.717, 1.165) is 0 Å².